The Labute approximate surface area is 130 Å². The molecule has 0 saturated carbocycles. The van der Waals surface area contributed by atoms with E-state index in [-0.39, 0.29) is 18.6 Å². The molecule has 22 heavy (non-hydrogen) atoms. The van der Waals surface area contributed by atoms with Gasteiger partial charge >= 0.3 is 0 Å². The lowest BCUT2D eigenvalue weighted by molar-refractivity contribution is 0.0935. The third-order valence-electron chi connectivity index (χ3n) is 3.63. The third kappa shape index (κ3) is 3.74. The Bertz CT molecular complexity index is 670. The zero-order valence-electron chi connectivity index (χ0n) is 13.2. The number of nitrogens with one attached hydrogen (secondary N) is 1. The standard InChI is InChI=1S/C17H22N2O3/c1-11(5-4-8-20)18-17(21)15-9-13-6-7-14(22-3)10-16(13)19-12(15)2/h6-7,9-11,20H,4-5,8H2,1-3H3,(H,18,21). The molecular weight excluding hydrogens is 280 g/mol. The first-order valence-corrected chi connectivity index (χ1v) is 7.42. The smallest absolute Gasteiger partial charge is 0.253 e. The van der Waals surface area contributed by atoms with Gasteiger partial charge in [-0.25, -0.2) is 0 Å². The molecular formula is C17H22N2O3. The molecule has 1 amide bonds. The Kier molecular flexibility index (Phi) is 5.33. The van der Waals surface area contributed by atoms with Gasteiger partial charge < -0.3 is 15.2 Å². The van der Waals surface area contributed by atoms with E-state index in [9.17, 15) is 4.79 Å². The van der Waals surface area contributed by atoms with Crippen molar-refractivity contribution in [3.63, 3.8) is 0 Å². The van der Waals surface area contributed by atoms with Crippen molar-refractivity contribution >= 4 is 16.8 Å². The number of fused-ring (bicyclic) bond motifs is 1. The van der Waals surface area contributed by atoms with E-state index in [1.165, 1.54) is 0 Å². The normalized spacial score (nSPS) is 12.2. The molecule has 1 unspecified atom stereocenters. The maximum Gasteiger partial charge on any atom is 0.253 e. The predicted molar refractivity (Wildman–Crippen MR) is 86.3 cm³/mol. The number of benzene rings is 1. The van der Waals surface area contributed by atoms with Gasteiger partial charge in [-0.3, -0.25) is 9.78 Å². The van der Waals surface area contributed by atoms with Gasteiger partial charge in [-0.15, -0.1) is 0 Å². The van der Waals surface area contributed by atoms with Crippen molar-refractivity contribution < 1.29 is 14.6 Å². The van der Waals surface area contributed by atoms with Crippen LogP contribution in [0.1, 0.15) is 35.8 Å². The average Bonchev–Trinajstić information content (AvgIpc) is 2.51. The highest BCUT2D eigenvalue weighted by atomic mass is 16.5. The Morgan fingerprint density at radius 2 is 2.18 bits per heavy atom. The van der Waals surface area contributed by atoms with Crippen LogP contribution in [0.2, 0.25) is 0 Å². The number of hydrogen-bond acceptors (Lipinski definition) is 4. The minimum absolute atomic E-state index is 0.0191. The van der Waals surface area contributed by atoms with Crippen LogP contribution in [0.15, 0.2) is 24.3 Å². The number of nitrogens with zero attached hydrogens (tertiary/aromatic N) is 1. The molecule has 0 aliphatic heterocycles. The van der Waals surface area contributed by atoms with Crippen LogP contribution in [0, 0.1) is 6.92 Å². The molecule has 5 heteroatoms. The molecule has 0 radical (unpaired) electrons. The van der Waals surface area contributed by atoms with Gasteiger partial charge in [0.25, 0.3) is 5.91 Å². The highest BCUT2D eigenvalue weighted by Gasteiger charge is 2.14. The molecule has 5 nitrogen and oxygen atoms in total. The van der Waals surface area contributed by atoms with E-state index >= 15 is 0 Å². The Morgan fingerprint density at radius 1 is 1.41 bits per heavy atom. The van der Waals surface area contributed by atoms with Crippen LogP contribution in [0.3, 0.4) is 0 Å². The second kappa shape index (κ2) is 7.22. The molecule has 0 aliphatic carbocycles. The van der Waals surface area contributed by atoms with E-state index in [0.29, 0.717) is 17.7 Å². The molecule has 2 N–H and O–H groups in total. The summed E-state index contributed by atoms with van der Waals surface area (Å²) in [4.78, 5) is 16.9. The fourth-order valence-electron chi connectivity index (χ4n) is 2.37. The first-order valence-electron chi connectivity index (χ1n) is 7.42. The van der Waals surface area contributed by atoms with Crippen LogP contribution in [-0.4, -0.2) is 35.8 Å². The SMILES string of the molecule is COc1ccc2cc(C(=O)NC(C)CCCO)c(C)nc2c1. The summed E-state index contributed by atoms with van der Waals surface area (Å²) in [6, 6.07) is 7.47. The molecule has 0 bridgehead atoms. The van der Waals surface area contributed by atoms with E-state index in [1.54, 1.807) is 7.11 Å². The molecule has 1 heterocycles. The van der Waals surface area contributed by atoms with E-state index < -0.39 is 0 Å². The molecule has 0 spiro atoms. The first-order chi connectivity index (χ1) is 10.5. The lowest BCUT2D eigenvalue weighted by Gasteiger charge is -2.14. The molecule has 0 saturated heterocycles. The van der Waals surface area contributed by atoms with E-state index in [0.717, 1.165) is 23.1 Å². The van der Waals surface area contributed by atoms with Gasteiger partial charge in [-0.2, -0.15) is 0 Å². The van der Waals surface area contributed by atoms with Crippen molar-refractivity contribution in [3.8, 4) is 5.75 Å². The van der Waals surface area contributed by atoms with Gasteiger partial charge in [0, 0.05) is 24.1 Å². The van der Waals surface area contributed by atoms with Crippen LogP contribution >= 0.6 is 0 Å². The van der Waals surface area contributed by atoms with Crippen molar-refractivity contribution in [2.45, 2.75) is 32.7 Å². The van der Waals surface area contributed by atoms with Gasteiger partial charge in [0.05, 0.1) is 23.9 Å². The number of rotatable bonds is 6. The summed E-state index contributed by atoms with van der Waals surface area (Å²) >= 11 is 0. The van der Waals surface area contributed by atoms with Crippen LogP contribution in [0.5, 0.6) is 5.75 Å². The number of aromatic nitrogens is 1. The molecule has 0 fully saturated rings. The topological polar surface area (TPSA) is 71.5 Å². The number of aliphatic hydroxyl groups is 1. The molecule has 2 aromatic rings. The minimum atomic E-state index is -0.131. The van der Waals surface area contributed by atoms with Gasteiger partial charge in [0.1, 0.15) is 5.75 Å². The lowest BCUT2D eigenvalue weighted by Crippen LogP contribution is -2.33. The largest absolute Gasteiger partial charge is 0.497 e. The summed E-state index contributed by atoms with van der Waals surface area (Å²) in [5, 5.41) is 12.7. The number of methoxy groups -OCH3 is 1. The van der Waals surface area contributed by atoms with Gasteiger partial charge in [-0.05, 0) is 44.9 Å². The van der Waals surface area contributed by atoms with Crippen LogP contribution in [0.4, 0.5) is 0 Å². The second-order valence-electron chi connectivity index (χ2n) is 5.42. The van der Waals surface area contributed by atoms with Gasteiger partial charge in [0.2, 0.25) is 0 Å². The Balaban J connectivity index is 2.23. The van der Waals surface area contributed by atoms with Crippen molar-refractivity contribution in [1.82, 2.24) is 10.3 Å². The summed E-state index contributed by atoms with van der Waals surface area (Å²) in [6.07, 6.45) is 1.43. The molecule has 1 aromatic heterocycles. The molecule has 2 rings (SSSR count). The summed E-state index contributed by atoms with van der Waals surface area (Å²) in [6.45, 7) is 3.90. The van der Waals surface area contributed by atoms with Crippen molar-refractivity contribution in [3.05, 3.63) is 35.5 Å². The summed E-state index contributed by atoms with van der Waals surface area (Å²) in [7, 11) is 1.61. The summed E-state index contributed by atoms with van der Waals surface area (Å²) in [5.74, 6) is 0.613. The van der Waals surface area contributed by atoms with Gasteiger partial charge in [-0.1, -0.05) is 0 Å². The number of aliphatic hydroxyl groups excluding tert-OH is 1. The first kappa shape index (κ1) is 16.2. The fraction of sp³-hybridized carbons (Fsp3) is 0.412. The Hall–Kier alpha value is -2.14. The van der Waals surface area contributed by atoms with Gasteiger partial charge in [0.15, 0.2) is 0 Å². The fourth-order valence-corrected chi connectivity index (χ4v) is 2.37. The molecule has 1 atom stereocenters. The summed E-state index contributed by atoms with van der Waals surface area (Å²) < 4.78 is 5.19. The zero-order valence-corrected chi connectivity index (χ0v) is 13.2. The number of amides is 1. The van der Waals surface area contributed by atoms with Crippen LogP contribution in [-0.2, 0) is 0 Å². The van der Waals surface area contributed by atoms with Crippen LogP contribution in [0.25, 0.3) is 10.9 Å². The average molecular weight is 302 g/mol. The zero-order chi connectivity index (χ0) is 16.1. The Morgan fingerprint density at radius 3 is 2.86 bits per heavy atom. The van der Waals surface area contributed by atoms with Crippen LogP contribution < -0.4 is 10.1 Å². The summed E-state index contributed by atoms with van der Waals surface area (Å²) in [5.41, 5.74) is 2.07. The minimum Gasteiger partial charge on any atom is -0.497 e. The highest BCUT2D eigenvalue weighted by molar-refractivity contribution is 5.98. The molecule has 1 aromatic carbocycles. The van der Waals surface area contributed by atoms with Crippen molar-refractivity contribution in [1.29, 1.82) is 0 Å². The second-order valence-corrected chi connectivity index (χ2v) is 5.42. The number of ether oxygens (including phenoxy) is 1. The predicted octanol–water partition coefficient (Wildman–Crippen LogP) is 2.44. The van der Waals surface area contributed by atoms with Crippen molar-refractivity contribution in [2.24, 2.45) is 0 Å². The lowest BCUT2D eigenvalue weighted by atomic mass is 10.1. The molecule has 118 valence electrons. The quantitative estimate of drug-likeness (QED) is 0.860. The van der Waals surface area contributed by atoms with E-state index in [1.807, 2.05) is 38.1 Å². The maximum atomic E-state index is 12.4. The maximum absolute atomic E-state index is 12.4. The van der Waals surface area contributed by atoms with Crippen molar-refractivity contribution in [2.75, 3.05) is 13.7 Å². The number of carbonyl (C=O) groups excluding carboxylic acids is 1. The molecule has 0 aliphatic rings. The number of hydrogen-bond donors (Lipinski definition) is 2. The van der Waals surface area contributed by atoms with E-state index in [2.05, 4.69) is 10.3 Å². The monoisotopic (exact) mass is 302 g/mol. The highest BCUT2D eigenvalue weighted by Crippen LogP contribution is 2.21. The third-order valence-corrected chi connectivity index (χ3v) is 3.63. The number of pyridine rings is 1. The number of carbonyl (C=O) groups is 1. The van der Waals surface area contributed by atoms with E-state index in [4.69, 9.17) is 9.84 Å². The number of aryl methyl sites for hydroxylation is 1.